The van der Waals surface area contributed by atoms with Gasteiger partial charge < -0.3 is 25.5 Å². The zero-order valence-corrected chi connectivity index (χ0v) is 21.3. The summed E-state index contributed by atoms with van der Waals surface area (Å²) in [5.74, 6) is 1.22. The SMILES string of the molecule is Oc1cc(-c2ccc3c(N4C[C@H]5CC[C@@H](C4)N5)nc(N4CCC5(CNC5)C4)nc3c2F)c2ccccc2c1. The van der Waals surface area contributed by atoms with E-state index < -0.39 is 0 Å². The van der Waals surface area contributed by atoms with Crippen molar-refractivity contribution in [3.8, 4) is 16.9 Å². The van der Waals surface area contributed by atoms with Crippen molar-refractivity contribution in [2.75, 3.05) is 49.1 Å². The second-order valence-corrected chi connectivity index (χ2v) is 11.7. The van der Waals surface area contributed by atoms with Crippen LogP contribution in [0.25, 0.3) is 32.8 Å². The van der Waals surface area contributed by atoms with E-state index in [0.29, 0.717) is 34.7 Å². The zero-order chi connectivity index (χ0) is 25.4. The molecule has 1 aromatic heterocycles. The minimum Gasteiger partial charge on any atom is -0.508 e. The van der Waals surface area contributed by atoms with Crippen LogP contribution in [0.1, 0.15) is 19.3 Å². The number of benzene rings is 3. The number of anilines is 2. The number of piperazine rings is 1. The molecule has 1 spiro atoms. The highest BCUT2D eigenvalue weighted by Gasteiger charge is 2.44. The third-order valence-corrected chi connectivity index (χ3v) is 9.15. The average molecular weight is 511 g/mol. The van der Waals surface area contributed by atoms with Crippen molar-refractivity contribution in [1.29, 1.82) is 0 Å². The second-order valence-electron chi connectivity index (χ2n) is 11.7. The van der Waals surface area contributed by atoms with Crippen LogP contribution in [0.15, 0.2) is 48.5 Å². The number of fused-ring (bicyclic) bond motifs is 4. The molecule has 8 heteroatoms. The molecule has 3 aromatic carbocycles. The van der Waals surface area contributed by atoms with Crippen LogP contribution in [0.2, 0.25) is 0 Å². The van der Waals surface area contributed by atoms with Gasteiger partial charge in [-0.25, -0.2) is 9.37 Å². The fourth-order valence-corrected chi connectivity index (χ4v) is 7.09. The maximum absolute atomic E-state index is 16.6. The van der Waals surface area contributed by atoms with Gasteiger partial charge in [0.2, 0.25) is 5.95 Å². The Labute approximate surface area is 220 Å². The Balaban J connectivity index is 1.31. The first-order valence-electron chi connectivity index (χ1n) is 13.7. The zero-order valence-electron chi connectivity index (χ0n) is 21.3. The predicted octanol–water partition coefficient (Wildman–Crippen LogP) is 4.04. The molecule has 0 aliphatic carbocycles. The summed E-state index contributed by atoms with van der Waals surface area (Å²) in [5, 5.41) is 20.1. The van der Waals surface area contributed by atoms with Gasteiger partial charge in [0.05, 0.1) is 0 Å². The van der Waals surface area contributed by atoms with Crippen molar-refractivity contribution < 1.29 is 9.50 Å². The van der Waals surface area contributed by atoms with Crippen molar-refractivity contribution in [3.63, 3.8) is 0 Å². The molecular weight excluding hydrogens is 479 g/mol. The Morgan fingerprint density at radius 3 is 2.50 bits per heavy atom. The third kappa shape index (κ3) is 3.47. The molecule has 5 heterocycles. The Morgan fingerprint density at radius 2 is 1.74 bits per heavy atom. The van der Waals surface area contributed by atoms with Gasteiger partial charge in [0.15, 0.2) is 5.82 Å². The normalized spacial score (nSPS) is 24.0. The first kappa shape index (κ1) is 22.5. The number of hydrogen-bond acceptors (Lipinski definition) is 7. The van der Waals surface area contributed by atoms with Gasteiger partial charge in [-0.3, -0.25) is 0 Å². The minimum absolute atomic E-state index is 0.120. The van der Waals surface area contributed by atoms with Gasteiger partial charge in [-0.1, -0.05) is 30.3 Å². The lowest BCUT2D eigenvalue weighted by Gasteiger charge is -2.39. The van der Waals surface area contributed by atoms with Gasteiger partial charge in [-0.2, -0.15) is 4.98 Å². The van der Waals surface area contributed by atoms with E-state index in [1.165, 1.54) is 12.8 Å². The van der Waals surface area contributed by atoms with Crippen LogP contribution in [0.4, 0.5) is 16.2 Å². The Kier molecular flexibility index (Phi) is 4.88. The van der Waals surface area contributed by atoms with E-state index in [2.05, 4.69) is 20.4 Å². The van der Waals surface area contributed by atoms with E-state index in [1.807, 2.05) is 36.4 Å². The summed E-state index contributed by atoms with van der Waals surface area (Å²) in [6.45, 7) is 5.57. The molecule has 8 rings (SSSR count). The molecule has 0 unspecified atom stereocenters. The van der Waals surface area contributed by atoms with Crippen LogP contribution in [0, 0.1) is 11.2 Å². The van der Waals surface area contributed by atoms with Gasteiger partial charge in [0.25, 0.3) is 0 Å². The number of nitrogens with zero attached hydrogens (tertiary/aromatic N) is 4. The second kappa shape index (κ2) is 8.25. The fraction of sp³-hybridized carbons (Fsp3) is 0.400. The van der Waals surface area contributed by atoms with E-state index in [1.54, 1.807) is 12.1 Å². The highest BCUT2D eigenvalue weighted by atomic mass is 19.1. The molecule has 4 fully saturated rings. The smallest absolute Gasteiger partial charge is 0.228 e. The monoisotopic (exact) mass is 510 g/mol. The molecule has 2 atom stereocenters. The standard InChI is InChI=1S/C30H31FN6O/c31-26-23(25-12-21(38)11-18-3-1-2-4-22(18)25)7-8-24-27(26)34-29(36-10-9-30(17-36)15-32-16-30)35-28(24)37-13-19-5-6-20(14-37)33-19/h1-4,7-8,11-12,19-20,32-33,38H,5-6,9-10,13-17H2/t19-,20+. The van der Waals surface area contributed by atoms with E-state index in [-0.39, 0.29) is 17.0 Å². The molecule has 0 amide bonds. The summed E-state index contributed by atoms with van der Waals surface area (Å²) < 4.78 is 16.6. The van der Waals surface area contributed by atoms with Gasteiger partial charge in [-0.15, -0.1) is 0 Å². The number of phenols is 1. The molecular formula is C30H31FN6O. The molecule has 4 aliphatic rings. The summed E-state index contributed by atoms with van der Waals surface area (Å²) in [6.07, 6.45) is 3.44. The van der Waals surface area contributed by atoms with Crippen LogP contribution in [-0.4, -0.2) is 66.4 Å². The molecule has 2 bridgehead atoms. The van der Waals surface area contributed by atoms with E-state index in [4.69, 9.17) is 9.97 Å². The van der Waals surface area contributed by atoms with Gasteiger partial charge in [-0.05, 0) is 53.8 Å². The van der Waals surface area contributed by atoms with Crippen molar-refractivity contribution >= 4 is 33.4 Å². The van der Waals surface area contributed by atoms with Crippen LogP contribution < -0.4 is 20.4 Å². The molecule has 4 aromatic rings. The van der Waals surface area contributed by atoms with Crippen molar-refractivity contribution in [2.45, 2.75) is 31.3 Å². The van der Waals surface area contributed by atoms with Crippen molar-refractivity contribution in [3.05, 3.63) is 54.3 Å². The fourth-order valence-electron chi connectivity index (χ4n) is 7.09. The number of phenolic OH excluding ortho intramolecular Hbond substituents is 1. The van der Waals surface area contributed by atoms with E-state index >= 15 is 4.39 Å². The van der Waals surface area contributed by atoms with Crippen molar-refractivity contribution in [2.24, 2.45) is 5.41 Å². The maximum Gasteiger partial charge on any atom is 0.228 e. The molecule has 0 radical (unpaired) electrons. The first-order valence-corrected chi connectivity index (χ1v) is 13.7. The molecule has 194 valence electrons. The van der Waals surface area contributed by atoms with Gasteiger partial charge in [0.1, 0.15) is 17.1 Å². The van der Waals surface area contributed by atoms with Crippen LogP contribution >= 0.6 is 0 Å². The molecule has 38 heavy (non-hydrogen) atoms. The highest BCUT2D eigenvalue weighted by Crippen LogP contribution is 2.41. The predicted molar refractivity (Wildman–Crippen MR) is 148 cm³/mol. The summed E-state index contributed by atoms with van der Waals surface area (Å²) >= 11 is 0. The first-order chi connectivity index (χ1) is 18.6. The lowest BCUT2D eigenvalue weighted by molar-refractivity contribution is 0.199. The number of aromatic hydroxyl groups is 1. The summed E-state index contributed by atoms with van der Waals surface area (Å²) in [5.41, 5.74) is 1.76. The Morgan fingerprint density at radius 1 is 0.921 bits per heavy atom. The number of halogens is 1. The van der Waals surface area contributed by atoms with Crippen molar-refractivity contribution in [1.82, 2.24) is 20.6 Å². The summed E-state index contributed by atoms with van der Waals surface area (Å²) in [4.78, 5) is 14.6. The molecule has 0 saturated carbocycles. The minimum atomic E-state index is -0.361. The topological polar surface area (TPSA) is 76.6 Å². The number of nitrogens with one attached hydrogen (secondary N) is 2. The Bertz CT molecular complexity index is 1570. The third-order valence-electron chi connectivity index (χ3n) is 9.15. The molecule has 4 saturated heterocycles. The molecule has 4 aliphatic heterocycles. The number of rotatable bonds is 3. The van der Waals surface area contributed by atoms with E-state index in [0.717, 1.165) is 67.7 Å². The van der Waals surface area contributed by atoms with Gasteiger partial charge in [0, 0.05) is 67.7 Å². The van der Waals surface area contributed by atoms with E-state index in [9.17, 15) is 5.11 Å². The van der Waals surface area contributed by atoms with Crippen LogP contribution in [-0.2, 0) is 0 Å². The van der Waals surface area contributed by atoms with Crippen LogP contribution in [0.5, 0.6) is 5.75 Å². The quantitative estimate of drug-likeness (QED) is 0.384. The maximum atomic E-state index is 16.6. The molecule has 3 N–H and O–H groups in total. The summed E-state index contributed by atoms with van der Waals surface area (Å²) in [7, 11) is 0. The van der Waals surface area contributed by atoms with Crippen LogP contribution in [0.3, 0.4) is 0 Å². The summed E-state index contributed by atoms with van der Waals surface area (Å²) in [6, 6.07) is 15.8. The molecule has 7 nitrogen and oxygen atoms in total. The number of aromatic nitrogens is 2. The lowest BCUT2D eigenvalue weighted by atomic mass is 9.81. The lowest BCUT2D eigenvalue weighted by Crippen LogP contribution is -2.54. The number of hydrogen-bond donors (Lipinski definition) is 3. The Hall–Kier alpha value is -3.49. The largest absolute Gasteiger partial charge is 0.508 e. The average Bonchev–Trinajstić information content (AvgIpc) is 3.52. The highest BCUT2D eigenvalue weighted by molar-refractivity contribution is 6.01. The van der Waals surface area contributed by atoms with Gasteiger partial charge >= 0.3 is 0 Å².